The number of halogens is 1. The van der Waals surface area contributed by atoms with Crippen LogP contribution in [-0.4, -0.2) is 31.3 Å². The van der Waals surface area contributed by atoms with Crippen molar-refractivity contribution >= 4 is 0 Å². The van der Waals surface area contributed by atoms with E-state index in [2.05, 4.69) is 33.2 Å². The Balaban J connectivity index is 0. The predicted octanol–water partition coefficient (Wildman–Crippen LogP) is -0.828. The summed E-state index contributed by atoms with van der Waals surface area (Å²) in [7, 11) is 2.29. The molecule has 0 aliphatic rings. The zero-order chi connectivity index (χ0) is 9.45. The third-order valence-electron chi connectivity index (χ3n) is 2.18. The van der Waals surface area contributed by atoms with Crippen LogP contribution in [0.15, 0.2) is 0 Å². The number of nitrogens with zero attached hydrogens (tertiary/aromatic N) is 1. The molecule has 0 aromatic heterocycles. The largest absolute Gasteiger partial charge is 1.00 e. The molecule has 82 valence electrons. The first-order valence-electron chi connectivity index (χ1n) is 5.28. The molecule has 0 bridgehead atoms. The van der Waals surface area contributed by atoms with Crippen molar-refractivity contribution in [2.75, 3.05) is 26.7 Å². The molecule has 0 spiro atoms. The van der Waals surface area contributed by atoms with Crippen molar-refractivity contribution in [3.8, 4) is 0 Å². The van der Waals surface area contributed by atoms with Crippen LogP contribution in [0.25, 0.3) is 0 Å². The highest BCUT2D eigenvalue weighted by Gasteiger charge is 2.17. The number of rotatable bonds is 7. The van der Waals surface area contributed by atoms with Gasteiger partial charge in [0.15, 0.2) is 0 Å². The lowest BCUT2D eigenvalue weighted by Crippen LogP contribution is -3.00. The molecule has 2 nitrogen and oxygen atoms in total. The molecule has 0 unspecified atom stereocenters. The van der Waals surface area contributed by atoms with Crippen molar-refractivity contribution < 1.29 is 17.0 Å². The minimum Gasteiger partial charge on any atom is -1.00 e. The Morgan fingerprint density at radius 3 is 1.69 bits per heavy atom. The second-order valence-electron chi connectivity index (χ2n) is 3.75. The monoisotopic (exact) mass is 208 g/mol. The van der Waals surface area contributed by atoms with Gasteiger partial charge in [-0.05, 0) is 19.3 Å². The third kappa shape index (κ3) is 7.29. The molecule has 13 heavy (non-hydrogen) atoms. The normalized spacial score (nSPS) is 11.1. The van der Waals surface area contributed by atoms with E-state index in [-0.39, 0.29) is 12.4 Å². The summed E-state index contributed by atoms with van der Waals surface area (Å²) in [5.41, 5.74) is 3.59. The topological polar surface area (TPSA) is 12.0 Å². The molecule has 0 saturated heterocycles. The van der Waals surface area contributed by atoms with Crippen LogP contribution in [0.2, 0.25) is 0 Å². The Morgan fingerprint density at radius 1 is 0.923 bits per heavy atom. The van der Waals surface area contributed by atoms with Crippen molar-refractivity contribution in [2.24, 2.45) is 0 Å². The summed E-state index contributed by atoms with van der Waals surface area (Å²) < 4.78 is 1.04. The fourth-order valence-electron chi connectivity index (χ4n) is 1.64. The molecule has 0 aromatic rings. The summed E-state index contributed by atoms with van der Waals surface area (Å²) in [6, 6.07) is 0. The first kappa shape index (κ1) is 15.7. The molecule has 0 fully saturated rings. The minimum absolute atomic E-state index is 0. The molecular weight excluding hydrogens is 184 g/mol. The average Bonchev–Trinajstić information content (AvgIpc) is 2.02. The van der Waals surface area contributed by atoms with E-state index in [9.17, 15) is 0 Å². The number of nitrogens with one attached hydrogen (secondary N) is 1. The second kappa shape index (κ2) is 8.79. The van der Waals surface area contributed by atoms with Gasteiger partial charge in [-0.1, -0.05) is 20.8 Å². The van der Waals surface area contributed by atoms with Crippen LogP contribution in [0.5, 0.6) is 0 Å². The Morgan fingerprint density at radius 2 is 1.38 bits per heavy atom. The lowest BCUT2D eigenvalue weighted by Gasteiger charge is -2.33. The molecule has 0 radical (unpaired) electrons. The van der Waals surface area contributed by atoms with Crippen LogP contribution in [0.3, 0.4) is 0 Å². The van der Waals surface area contributed by atoms with Gasteiger partial charge in [0.2, 0.25) is 0 Å². The summed E-state index contributed by atoms with van der Waals surface area (Å²) in [5, 5.41) is 0. The van der Waals surface area contributed by atoms with E-state index < -0.39 is 0 Å². The van der Waals surface area contributed by atoms with E-state index >= 15 is 0 Å². The van der Waals surface area contributed by atoms with Gasteiger partial charge in [0, 0.05) is 6.54 Å². The summed E-state index contributed by atoms with van der Waals surface area (Å²) in [5.74, 6) is 0. The molecule has 0 rings (SSSR count). The Hall–Kier alpha value is 0.210. The van der Waals surface area contributed by atoms with Gasteiger partial charge in [0.1, 0.15) is 0 Å². The fraction of sp³-hybridized carbons (Fsp3) is 1.00. The Kier molecular flexibility index (Phi) is 10.6. The van der Waals surface area contributed by atoms with Gasteiger partial charge in [0.25, 0.3) is 0 Å². The molecule has 0 aromatic carbocycles. The van der Waals surface area contributed by atoms with Gasteiger partial charge in [-0.2, -0.15) is 5.43 Å². The van der Waals surface area contributed by atoms with Crippen LogP contribution in [0.1, 0.15) is 40.0 Å². The molecule has 0 aliphatic carbocycles. The molecule has 0 heterocycles. The summed E-state index contributed by atoms with van der Waals surface area (Å²) in [6.07, 6.45) is 3.74. The molecule has 0 amide bonds. The molecule has 0 saturated carbocycles. The SMILES string of the molecule is CCCN[N+](C)(CCC)CCC.[Cl-]. The molecule has 1 N–H and O–H groups in total. The quantitative estimate of drug-likeness (QED) is 0.426. The highest BCUT2D eigenvalue weighted by atomic mass is 35.5. The van der Waals surface area contributed by atoms with E-state index in [4.69, 9.17) is 0 Å². The maximum Gasteiger partial charge on any atom is 0.0957 e. The van der Waals surface area contributed by atoms with Crippen molar-refractivity contribution in [3.63, 3.8) is 0 Å². The van der Waals surface area contributed by atoms with Crippen molar-refractivity contribution in [3.05, 3.63) is 0 Å². The fourth-order valence-corrected chi connectivity index (χ4v) is 1.64. The van der Waals surface area contributed by atoms with Crippen LogP contribution < -0.4 is 17.8 Å². The summed E-state index contributed by atoms with van der Waals surface area (Å²) in [6.45, 7) is 10.3. The predicted molar refractivity (Wildman–Crippen MR) is 54.8 cm³/mol. The highest BCUT2D eigenvalue weighted by Crippen LogP contribution is 2.01. The Labute approximate surface area is 89.7 Å². The van der Waals surface area contributed by atoms with Crippen molar-refractivity contribution in [1.29, 1.82) is 0 Å². The smallest absolute Gasteiger partial charge is 0.0957 e. The standard InChI is InChI=1S/C10H25N2.ClH/c1-5-8-11-12(4,9-6-2)10-7-3;/h11H,5-10H2,1-4H3;1H/q+1;/p-1. The minimum atomic E-state index is 0. The first-order chi connectivity index (χ1) is 5.68. The number of quaternary nitrogens is 1. The van der Waals surface area contributed by atoms with Gasteiger partial charge in [0.05, 0.1) is 20.1 Å². The van der Waals surface area contributed by atoms with Crippen LogP contribution in [0.4, 0.5) is 0 Å². The van der Waals surface area contributed by atoms with E-state index in [1.54, 1.807) is 0 Å². The molecule has 3 heteroatoms. The van der Waals surface area contributed by atoms with Crippen LogP contribution in [-0.2, 0) is 0 Å². The summed E-state index contributed by atoms with van der Waals surface area (Å²) in [4.78, 5) is 0. The van der Waals surface area contributed by atoms with E-state index in [1.807, 2.05) is 0 Å². The average molecular weight is 209 g/mol. The highest BCUT2D eigenvalue weighted by molar-refractivity contribution is 4.36. The van der Waals surface area contributed by atoms with Crippen molar-refractivity contribution in [1.82, 2.24) is 5.43 Å². The molecule has 0 aliphatic heterocycles. The number of hydrogen-bond acceptors (Lipinski definition) is 1. The maximum absolute atomic E-state index is 3.59. The summed E-state index contributed by atoms with van der Waals surface area (Å²) >= 11 is 0. The lowest BCUT2D eigenvalue weighted by molar-refractivity contribution is -0.952. The first-order valence-corrected chi connectivity index (χ1v) is 5.28. The molecular formula is C10H25ClN2. The van der Waals surface area contributed by atoms with Gasteiger partial charge in [-0.25, -0.2) is 4.59 Å². The zero-order valence-electron chi connectivity index (χ0n) is 9.57. The van der Waals surface area contributed by atoms with E-state index in [0.29, 0.717) is 0 Å². The van der Waals surface area contributed by atoms with Gasteiger partial charge >= 0.3 is 0 Å². The zero-order valence-corrected chi connectivity index (χ0v) is 10.3. The number of hydrogen-bond donors (Lipinski definition) is 1. The van der Waals surface area contributed by atoms with E-state index in [0.717, 1.165) is 11.1 Å². The molecule has 0 atom stereocenters. The maximum atomic E-state index is 3.59. The van der Waals surface area contributed by atoms with Gasteiger partial charge < -0.3 is 12.4 Å². The second-order valence-corrected chi connectivity index (χ2v) is 3.75. The Bertz CT molecular complexity index is 101. The van der Waals surface area contributed by atoms with E-state index in [1.165, 1.54) is 32.4 Å². The third-order valence-corrected chi connectivity index (χ3v) is 2.18. The van der Waals surface area contributed by atoms with Crippen LogP contribution in [0, 0.1) is 0 Å². The lowest BCUT2D eigenvalue weighted by atomic mass is 10.3. The van der Waals surface area contributed by atoms with Crippen molar-refractivity contribution in [2.45, 2.75) is 40.0 Å². The van der Waals surface area contributed by atoms with Crippen LogP contribution >= 0.6 is 0 Å². The van der Waals surface area contributed by atoms with Gasteiger partial charge in [-0.15, -0.1) is 0 Å². The van der Waals surface area contributed by atoms with Gasteiger partial charge in [-0.3, -0.25) is 0 Å².